The molecule has 130 valence electrons. The Morgan fingerprint density at radius 2 is 1.92 bits per heavy atom. The van der Waals surface area contributed by atoms with Crippen molar-refractivity contribution in [2.75, 3.05) is 18.5 Å². The Labute approximate surface area is 151 Å². The molecule has 25 heavy (non-hydrogen) atoms. The Hall–Kier alpha value is -2.40. The predicted molar refractivity (Wildman–Crippen MR) is 96.7 cm³/mol. The third kappa shape index (κ3) is 3.51. The van der Waals surface area contributed by atoms with E-state index in [0.29, 0.717) is 23.9 Å². The van der Waals surface area contributed by atoms with E-state index in [9.17, 15) is 4.79 Å². The molecule has 2 N–H and O–H groups in total. The van der Waals surface area contributed by atoms with E-state index >= 15 is 0 Å². The largest absolute Gasteiger partial charge is 0.486 e. The maximum Gasteiger partial charge on any atom is 0.319 e. The lowest BCUT2D eigenvalue weighted by atomic mass is 9.87. The molecule has 0 spiro atoms. The predicted octanol–water partition coefficient (Wildman–Crippen LogP) is 4.31. The van der Waals surface area contributed by atoms with Crippen molar-refractivity contribution in [3.63, 3.8) is 0 Å². The van der Waals surface area contributed by atoms with Gasteiger partial charge in [-0.1, -0.05) is 17.7 Å². The minimum absolute atomic E-state index is 0.0428. The smallest absolute Gasteiger partial charge is 0.319 e. The van der Waals surface area contributed by atoms with E-state index in [1.165, 1.54) is 5.56 Å². The quantitative estimate of drug-likeness (QED) is 0.841. The maximum absolute atomic E-state index is 12.4. The van der Waals surface area contributed by atoms with Gasteiger partial charge in [-0.05, 0) is 60.7 Å². The summed E-state index contributed by atoms with van der Waals surface area (Å²) in [6.45, 7) is 1.13. The molecule has 0 radical (unpaired) electrons. The molecule has 0 fully saturated rings. The van der Waals surface area contributed by atoms with Crippen molar-refractivity contribution >= 4 is 23.3 Å². The number of ether oxygens (including phenoxy) is 2. The molecule has 1 heterocycles. The van der Waals surface area contributed by atoms with Crippen LogP contribution in [-0.4, -0.2) is 19.2 Å². The molecule has 1 unspecified atom stereocenters. The molecular formula is C19H19ClN2O3. The number of hydrogen-bond acceptors (Lipinski definition) is 3. The summed E-state index contributed by atoms with van der Waals surface area (Å²) in [6, 6.07) is 10.9. The number of urea groups is 1. The molecule has 0 saturated heterocycles. The molecule has 2 aromatic rings. The lowest BCUT2D eigenvalue weighted by Gasteiger charge is -2.29. The number of amides is 2. The number of nitrogens with one attached hydrogen (secondary N) is 2. The Balaban J connectivity index is 1.51. The lowest BCUT2D eigenvalue weighted by molar-refractivity contribution is 0.171. The molecule has 2 aliphatic rings. The first-order valence-corrected chi connectivity index (χ1v) is 8.82. The van der Waals surface area contributed by atoms with E-state index in [-0.39, 0.29) is 12.1 Å². The van der Waals surface area contributed by atoms with Gasteiger partial charge >= 0.3 is 6.03 Å². The molecule has 2 amide bonds. The third-order valence-corrected chi connectivity index (χ3v) is 4.74. The average molecular weight is 359 g/mol. The first kappa shape index (κ1) is 16.1. The highest BCUT2D eigenvalue weighted by Crippen LogP contribution is 2.39. The van der Waals surface area contributed by atoms with E-state index in [0.717, 1.165) is 36.3 Å². The van der Waals surface area contributed by atoms with Crippen LogP contribution < -0.4 is 20.1 Å². The van der Waals surface area contributed by atoms with Crippen LogP contribution in [0.2, 0.25) is 5.02 Å². The Kier molecular flexibility index (Phi) is 4.40. The number of anilines is 1. The zero-order valence-corrected chi connectivity index (χ0v) is 14.4. The molecular weight excluding hydrogens is 340 g/mol. The number of halogens is 1. The van der Waals surface area contributed by atoms with Crippen LogP contribution in [0.1, 0.15) is 30.0 Å². The summed E-state index contributed by atoms with van der Waals surface area (Å²) in [6.07, 6.45) is 2.91. The van der Waals surface area contributed by atoms with E-state index in [4.69, 9.17) is 21.1 Å². The summed E-state index contributed by atoms with van der Waals surface area (Å²) in [5.74, 6) is 1.56. The second-order valence-electron chi connectivity index (χ2n) is 6.25. The summed E-state index contributed by atoms with van der Waals surface area (Å²) in [4.78, 5) is 12.4. The SMILES string of the molecule is O=C(Nc1cccc(Cl)c1)NC1CCCc2cc3c(cc21)OCCO3. The van der Waals surface area contributed by atoms with Gasteiger partial charge < -0.3 is 20.1 Å². The highest BCUT2D eigenvalue weighted by molar-refractivity contribution is 6.30. The fraction of sp³-hybridized carbons (Fsp3) is 0.316. The van der Waals surface area contributed by atoms with Crippen molar-refractivity contribution in [3.05, 3.63) is 52.5 Å². The minimum atomic E-state index is -0.241. The fourth-order valence-corrected chi connectivity index (χ4v) is 3.57. The summed E-state index contributed by atoms with van der Waals surface area (Å²) < 4.78 is 11.3. The van der Waals surface area contributed by atoms with Crippen molar-refractivity contribution in [3.8, 4) is 11.5 Å². The van der Waals surface area contributed by atoms with Gasteiger partial charge in [0.1, 0.15) is 13.2 Å². The number of carbonyl (C=O) groups excluding carboxylic acids is 1. The maximum atomic E-state index is 12.4. The van der Waals surface area contributed by atoms with Gasteiger partial charge in [-0.15, -0.1) is 0 Å². The minimum Gasteiger partial charge on any atom is -0.486 e. The highest BCUT2D eigenvalue weighted by atomic mass is 35.5. The number of carbonyl (C=O) groups is 1. The van der Waals surface area contributed by atoms with E-state index in [1.807, 2.05) is 18.2 Å². The van der Waals surface area contributed by atoms with Gasteiger partial charge in [0.2, 0.25) is 0 Å². The summed E-state index contributed by atoms with van der Waals surface area (Å²) in [7, 11) is 0. The normalized spacial score (nSPS) is 18.2. The second-order valence-corrected chi connectivity index (χ2v) is 6.68. The van der Waals surface area contributed by atoms with Crippen LogP contribution in [0.3, 0.4) is 0 Å². The zero-order valence-electron chi connectivity index (χ0n) is 13.7. The van der Waals surface area contributed by atoms with Gasteiger partial charge in [0.05, 0.1) is 6.04 Å². The molecule has 2 aromatic carbocycles. The van der Waals surface area contributed by atoms with Crippen molar-refractivity contribution in [1.82, 2.24) is 5.32 Å². The average Bonchev–Trinajstić information content (AvgIpc) is 2.60. The Bertz CT molecular complexity index is 809. The molecule has 1 aliphatic carbocycles. The second kappa shape index (κ2) is 6.84. The molecule has 1 atom stereocenters. The molecule has 0 aromatic heterocycles. The molecule has 0 saturated carbocycles. The summed E-state index contributed by atoms with van der Waals surface area (Å²) in [5.41, 5.74) is 2.99. The topological polar surface area (TPSA) is 59.6 Å². The van der Waals surface area contributed by atoms with E-state index in [1.54, 1.807) is 18.2 Å². The Morgan fingerprint density at radius 3 is 2.72 bits per heavy atom. The summed E-state index contributed by atoms with van der Waals surface area (Å²) in [5, 5.41) is 6.48. The first-order valence-electron chi connectivity index (χ1n) is 8.44. The molecule has 1 aliphatic heterocycles. The zero-order chi connectivity index (χ0) is 17.2. The van der Waals surface area contributed by atoms with E-state index < -0.39 is 0 Å². The monoisotopic (exact) mass is 358 g/mol. The number of benzene rings is 2. The lowest BCUT2D eigenvalue weighted by Crippen LogP contribution is -2.34. The van der Waals surface area contributed by atoms with Crippen molar-refractivity contribution in [2.45, 2.75) is 25.3 Å². The number of rotatable bonds is 2. The first-order chi connectivity index (χ1) is 12.2. The van der Waals surface area contributed by atoms with Crippen LogP contribution in [0.15, 0.2) is 36.4 Å². The van der Waals surface area contributed by atoms with Gasteiger partial charge in [0.25, 0.3) is 0 Å². The Morgan fingerprint density at radius 1 is 1.12 bits per heavy atom. The van der Waals surface area contributed by atoms with Gasteiger partial charge in [-0.3, -0.25) is 0 Å². The van der Waals surface area contributed by atoms with Crippen LogP contribution in [0.25, 0.3) is 0 Å². The van der Waals surface area contributed by atoms with Crippen molar-refractivity contribution in [2.24, 2.45) is 0 Å². The van der Waals surface area contributed by atoms with Crippen LogP contribution in [0, 0.1) is 0 Å². The number of hydrogen-bond donors (Lipinski definition) is 2. The molecule has 0 bridgehead atoms. The third-order valence-electron chi connectivity index (χ3n) is 4.51. The van der Waals surface area contributed by atoms with Gasteiger partial charge in [0, 0.05) is 10.7 Å². The van der Waals surface area contributed by atoms with Gasteiger partial charge in [-0.25, -0.2) is 4.79 Å². The summed E-state index contributed by atoms with van der Waals surface area (Å²) >= 11 is 5.96. The fourth-order valence-electron chi connectivity index (χ4n) is 3.38. The van der Waals surface area contributed by atoms with Crippen LogP contribution in [0.4, 0.5) is 10.5 Å². The van der Waals surface area contributed by atoms with Gasteiger partial charge in [-0.2, -0.15) is 0 Å². The number of aryl methyl sites for hydroxylation is 1. The van der Waals surface area contributed by atoms with Crippen LogP contribution in [-0.2, 0) is 6.42 Å². The molecule has 4 rings (SSSR count). The van der Waals surface area contributed by atoms with E-state index in [2.05, 4.69) is 10.6 Å². The standard InChI is InChI=1S/C19H19ClN2O3/c20-13-4-2-5-14(10-13)21-19(23)22-16-6-1-3-12-9-17-18(11-15(12)16)25-8-7-24-17/h2,4-5,9-11,16H,1,3,6-8H2,(H2,21,22,23). The molecule has 5 nitrogen and oxygen atoms in total. The van der Waals surface area contributed by atoms with Crippen molar-refractivity contribution in [1.29, 1.82) is 0 Å². The van der Waals surface area contributed by atoms with Crippen LogP contribution >= 0.6 is 11.6 Å². The number of fused-ring (bicyclic) bond motifs is 2. The molecule has 6 heteroatoms. The highest BCUT2D eigenvalue weighted by Gasteiger charge is 2.25. The van der Waals surface area contributed by atoms with Crippen molar-refractivity contribution < 1.29 is 14.3 Å². The van der Waals surface area contributed by atoms with Crippen LogP contribution in [0.5, 0.6) is 11.5 Å². The van der Waals surface area contributed by atoms with Gasteiger partial charge in [0.15, 0.2) is 11.5 Å².